The van der Waals surface area contributed by atoms with E-state index in [1.807, 2.05) is 36.4 Å². The van der Waals surface area contributed by atoms with Crippen molar-refractivity contribution >= 4 is 32.5 Å². The number of anilines is 1. The van der Waals surface area contributed by atoms with Crippen LogP contribution in [0.3, 0.4) is 0 Å². The van der Waals surface area contributed by atoms with Crippen LogP contribution in [-0.4, -0.2) is 21.4 Å². The highest BCUT2D eigenvalue weighted by molar-refractivity contribution is 7.92. The molecule has 0 aliphatic carbocycles. The average molecular weight is 417 g/mol. The Morgan fingerprint density at radius 2 is 1.40 bits per heavy atom. The lowest BCUT2D eigenvalue weighted by Gasteiger charge is -2.19. The van der Waals surface area contributed by atoms with Crippen molar-refractivity contribution in [3.63, 3.8) is 0 Å². The van der Waals surface area contributed by atoms with E-state index in [2.05, 4.69) is 0 Å². The zero-order chi connectivity index (χ0) is 21.1. The summed E-state index contributed by atoms with van der Waals surface area (Å²) in [4.78, 5) is 12.6. The van der Waals surface area contributed by atoms with E-state index in [4.69, 9.17) is 4.74 Å². The standard InChI is InChI=1S/C24H19NO4S/c1-25(21-9-3-2-4-10-21)30(27,28)23-15-12-19(13-16-23)24(26)29-22-14-11-18-7-5-6-8-20(18)17-22/h2-17H,1H3. The minimum absolute atomic E-state index is 0.0936. The van der Waals surface area contributed by atoms with Gasteiger partial charge in [-0.1, -0.05) is 48.5 Å². The zero-order valence-electron chi connectivity index (χ0n) is 16.2. The summed E-state index contributed by atoms with van der Waals surface area (Å²) in [6.45, 7) is 0. The highest BCUT2D eigenvalue weighted by Gasteiger charge is 2.21. The molecule has 0 unspecified atom stereocenters. The number of hydrogen-bond acceptors (Lipinski definition) is 4. The second-order valence-electron chi connectivity index (χ2n) is 6.73. The predicted molar refractivity (Wildman–Crippen MR) is 117 cm³/mol. The third-order valence-electron chi connectivity index (χ3n) is 4.80. The van der Waals surface area contributed by atoms with Crippen molar-refractivity contribution in [2.45, 2.75) is 4.90 Å². The molecule has 0 saturated carbocycles. The number of esters is 1. The Kier molecular flexibility index (Phi) is 5.25. The predicted octanol–water partition coefficient (Wildman–Crippen LogP) is 4.88. The van der Waals surface area contributed by atoms with Gasteiger partial charge in [0.25, 0.3) is 10.0 Å². The van der Waals surface area contributed by atoms with Gasteiger partial charge in [0, 0.05) is 7.05 Å². The summed E-state index contributed by atoms with van der Waals surface area (Å²) in [5, 5.41) is 2.02. The molecule has 0 atom stereocenters. The van der Waals surface area contributed by atoms with E-state index in [-0.39, 0.29) is 10.5 Å². The van der Waals surface area contributed by atoms with E-state index < -0.39 is 16.0 Å². The molecule has 0 N–H and O–H groups in total. The minimum atomic E-state index is -3.74. The Morgan fingerprint density at radius 1 is 0.767 bits per heavy atom. The maximum atomic E-state index is 12.8. The van der Waals surface area contributed by atoms with Gasteiger partial charge in [-0.2, -0.15) is 0 Å². The van der Waals surface area contributed by atoms with Gasteiger partial charge < -0.3 is 4.74 Å². The van der Waals surface area contributed by atoms with Gasteiger partial charge in [0.15, 0.2) is 0 Å². The van der Waals surface area contributed by atoms with Gasteiger partial charge in [0.1, 0.15) is 5.75 Å². The van der Waals surface area contributed by atoms with Crippen LogP contribution in [0.15, 0.2) is 102 Å². The molecule has 0 spiro atoms. The van der Waals surface area contributed by atoms with E-state index in [1.165, 1.54) is 35.6 Å². The number of hydrogen-bond donors (Lipinski definition) is 0. The summed E-state index contributed by atoms with van der Waals surface area (Å²) in [5.41, 5.74) is 0.821. The fraction of sp³-hybridized carbons (Fsp3) is 0.0417. The van der Waals surface area contributed by atoms with Crippen LogP contribution in [0.25, 0.3) is 10.8 Å². The lowest BCUT2D eigenvalue weighted by atomic mass is 10.1. The Hall–Kier alpha value is -3.64. The number of para-hydroxylation sites is 1. The van der Waals surface area contributed by atoms with Gasteiger partial charge in [-0.3, -0.25) is 4.31 Å². The van der Waals surface area contributed by atoms with Gasteiger partial charge in [-0.25, -0.2) is 13.2 Å². The van der Waals surface area contributed by atoms with Crippen molar-refractivity contribution in [1.82, 2.24) is 0 Å². The maximum Gasteiger partial charge on any atom is 0.343 e. The fourth-order valence-corrected chi connectivity index (χ4v) is 4.29. The quantitative estimate of drug-likeness (QED) is 0.343. The van der Waals surface area contributed by atoms with Gasteiger partial charge >= 0.3 is 5.97 Å². The second kappa shape index (κ2) is 8.00. The van der Waals surface area contributed by atoms with E-state index in [9.17, 15) is 13.2 Å². The topological polar surface area (TPSA) is 63.7 Å². The summed E-state index contributed by atoms with van der Waals surface area (Å²) < 4.78 is 32.3. The van der Waals surface area contributed by atoms with Crippen molar-refractivity contribution in [2.24, 2.45) is 0 Å². The number of sulfonamides is 1. The van der Waals surface area contributed by atoms with Gasteiger partial charge in [0.2, 0.25) is 0 Å². The molecule has 4 rings (SSSR count). The molecule has 4 aromatic rings. The molecular formula is C24H19NO4S. The van der Waals surface area contributed by atoms with Gasteiger partial charge in [0.05, 0.1) is 16.1 Å². The first kappa shape index (κ1) is 19.7. The molecular weight excluding hydrogens is 398 g/mol. The molecule has 0 amide bonds. The average Bonchev–Trinajstić information content (AvgIpc) is 2.79. The van der Waals surface area contributed by atoms with Crippen LogP contribution in [0, 0.1) is 0 Å². The summed E-state index contributed by atoms with van der Waals surface area (Å²) in [7, 11) is -2.24. The molecule has 0 fully saturated rings. The first-order valence-corrected chi connectivity index (χ1v) is 10.7. The fourth-order valence-electron chi connectivity index (χ4n) is 3.09. The number of rotatable bonds is 5. The van der Waals surface area contributed by atoms with Crippen LogP contribution in [0.2, 0.25) is 0 Å². The van der Waals surface area contributed by atoms with Crippen LogP contribution < -0.4 is 9.04 Å². The van der Waals surface area contributed by atoms with E-state index in [0.29, 0.717) is 11.4 Å². The number of nitrogens with zero attached hydrogens (tertiary/aromatic N) is 1. The van der Waals surface area contributed by atoms with Crippen molar-refractivity contribution < 1.29 is 17.9 Å². The van der Waals surface area contributed by atoms with Crippen molar-refractivity contribution in [3.8, 4) is 5.75 Å². The maximum absolute atomic E-state index is 12.8. The van der Waals surface area contributed by atoms with Crippen LogP contribution >= 0.6 is 0 Å². The molecule has 5 nitrogen and oxygen atoms in total. The zero-order valence-corrected chi connectivity index (χ0v) is 17.0. The Morgan fingerprint density at radius 3 is 2.10 bits per heavy atom. The van der Waals surface area contributed by atoms with Gasteiger partial charge in [-0.05, 0) is 59.3 Å². The lowest BCUT2D eigenvalue weighted by Crippen LogP contribution is -2.26. The molecule has 0 heterocycles. The molecule has 0 aliphatic rings. The normalized spacial score (nSPS) is 11.2. The summed E-state index contributed by atoms with van der Waals surface area (Å²) >= 11 is 0. The number of carbonyl (C=O) groups is 1. The number of ether oxygens (including phenoxy) is 1. The Balaban J connectivity index is 1.53. The molecule has 4 aromatic carbocycles. The highest BCUT2D eigenvalue weighted by atomic mass is 32.2. The molecule has 30 heavy (non-hydrogen) atoms. The molecule has 6 heteroatoms. The Labute approximate surface area is 175 Å². The smallest absolute Gasteiger partial charge is 0.343 e. The monoisotopic (exact) mass is 417 g/mol. The molecule has 0 aromatic heterocycles. The number of benzene rings is 4. The van der Waals surface area contributed by atoms with Crippen molar-refractivity contribution in [3.05, 3.63) is 103 Å². The first-order valence-electron chi connectivity index (χ1n) is 9.30. The third-order valence-corrected chi connectivity index (χ3v) is 6.60. The van der Waals surface area contributed by atoms with Crippen LogP contribution in [0.4, 0.5) is 5.69 Å². The minimum Gasteiger partial charge on any atom is -0.423 e. The summed E-state index contributed by atoms with van der Waals surface area (Å²) in [6.07, 6.45) is 0. The largest absolute Gasteiger partial charge is 0.423 e. The number of carbonyl (C=O) groups excluding carboxylic acids is 1. The SMILES string of the molecule is CN(c1ccccc1)S(=O)(=O)c1ccc(C(=O)Oc2ccc3ccccc3c2)cc1. The van der Waals surface area contributed by atoms with E-state index in [1.54, 1.807) is 36.4 Å². The molecule has 150 valence electrons. The molecule has 0 saturated heterocycles. The van der Waals surface area contributed by atoms with Crippen LogP contribution in [0.1, 0.15) is 10.4 Å². The second-order valence-corrected chi connectivity index (χ2v) is 8.70. The third kappa shape index (κ3) is 3.90. The van der Waals surface area contributed by atoms with Crippen molar-refractivity contribution in [1.29, 1.82) is 0 Å². The lowest BCUT2D eigenvalue weighted by molar-refractivity contribution is 0.0735. The number of fused-ring (bicyclic) bond motifs is 1. The Bertz CT molecular complexity index is 1300. The highest BCUT2D eigenvalue weighted by Crippen LogP contribution is 2.24. The summed E-state index contributed by atoms with van der Waals surface area (Å²) in [6, 6.07) is 27.7. The molecule has 0 radical (unpaired) electrons. The van der Waals surface area contributed by atoms with Crippen LogP contribution in [0.5, 0.6) is 5.75 Å². The summed E-state index contributed by atoms with van der Waals surface area (Å²) in [5.74, 6) is -0.121. The van der Waals surface area contributed by atoms with Crippen molar-refractivity contribution in [2.75, 3.05) is 11.4 Å². The first-order chi connectivity index (χ1) is 14.4. The van der Waals surface area contributed by atoms with E-state index >= 15 is 0 Å². The molecule has 0 bridgehead atoms. The van der Waals surface area contributed by atoms with Crippen LogP contribution in [-0.2, 0) is 10.0 Å². The van der Waals surface area contributed by atoms with Gasteiger partial charge in [-0.15, -0.1) is 0 Å². The molecule has 0 aliphatic heterocycles. The van der Waals surface area contributed by atoms with E-state index in [0.717, 1.165) is 10.8 Å².